The zero-order chi connectivity index (χ0) is 6.10. The minimum Gasteiger partial charge on any atom is -1.00 e. The molecule has 3 heteroatoms. The van der Waals surface area contributed by atoms with Gasteiger partial charge in [-0.15, -0.1) is 11.3 Å². The second-order valence-electron chi connectivity index (χ2n) is 1.88. The fraction of sp³-hybridized carbons (Fsp3) is 0. The summed E-state index contributed by atoms with van der Waals surface area (Å²) >= 11 is 1.77. The molecule has 0 atom stereocenters. The van der Waals surface area contributed by atoms with Crippen LogP contribution in [0.4, 0.5) is 0 Å². The molecule has 0 spiro atoms. The lowest BCUT2D eigenvalue weighted by Crippen LogP contribution is -3.00. The number of rotatable bonds is 0. The number of hydrogen-bond acceptors (Lipinski definition) is 1. The van der Waals surface area contributed by atoms with E-state index in [1.165, 1.54) is 10.1 Å². The van der Waals surface area contributed by atoms with E-state index in [4.69, 9.17) is 0 Å². The summed E-state index contributed by atoms with van der Waals surface area (Å²) in [7, 11) is 0. The Bertz CT molecular complexity index is 288. The van der Waals surface area contributed by atoms with Crippen LogP contribution in [0.25, 0.3) is 10.1 Å². The van der Waals surface area contributed by atoms with Gasteiger partial charge in [0.25, 0.3) is 0 Å². The molecule has 0 unspecified atom stereocenters. The summed E-state index contributed by atoms with van der Waals surface area (Å²) in [5.74, 6) is 0. The fourth-order valence-electron chi connectivity index (χ4n) is 0.847. The Labute approximate surface area is 80.1 Å². The maximum absolute atomic E-state index is 3.03. The van der Waals surface area contributed by atoms with Crippen molar-refractivity contribution in [3.05, 3.63) is 29.9 Å². The van der Waals surface area contributed by atoms with Gasteiger partial charge >= 0.3 is 0 Å². The van der Waals surface area contributed by atoms with Crippen LogP contribution < -0.4 is 29.0 Å². The first-order chi connectivity index (χ1) is 4.47. The predicted octanol–water partition coefficient (Wildman–Crippen LogP) is -1.28. The highest BCUT2D eigenvalue weighted by atomic mass is 127. The van der Waals surface area contributed by atoms with Crippen LogP contribution in [0, 0.1) is 0 Å². The summed E-state index contributed by atoms with van der Waals surface area (Å²) < 4.78 is 1.34. The first kappa shape index (κ1) is 7.94. The molecule has 2 aromatic rings. The highest BCUT2D eigenvalue weighted by molar-refractivity contribution is 7.17. The van der Waals surface area contributed by atoms with Gasteiger partial charge in [-0.05, 0) is 11.4 Å². The molecular weight excluding hydrogens is 257 g/mol. The summed E-state index contributed by atoms with van der Waals surface area (Å²) in [4.78, 5) is 3.03. The number of nitrogens with one attached hydrogen (secondary N) is 1. The second kappa shape index (κ2) is 3.30. The topological polar surface area (TPSA) is 14.1 Å². The molecule has 0 aliphatic heterocycles. The summed E-state index contributed by atoms with van der Waals surface area (Å²) in [5.41, 5.74) is 0. The lowest BCUT2D eigenvalue weighted by Gasteiger charge is -1.76. The van der Waals surface area contributed by atoms with Crippen molar-refractivity contribution in [2.75, 3.05) is 0 Å². The predicted molar refractivity (Wildman–Crippen MR) is 38.4 cm³/mol. The minimum absolute atomic E-state index is 0. The van der Waals surface area contributed by atoms with E-state index in [-0.39, 0.29) is 24.0 Å². The van der Waals surface area contributed by atoms with Crippen LogP contribution in [0.3, 0.4) is 0 Å². The largest absolute Gasteiger partial charge is 1.00 e. The molecule has 10 heavy (non-hydrogen) atoms. The molecule has 2 aromatic heterocycles. The van der Waals surface area contributed by atoms with Crippen molar-refractivity contribution in [2.45, 2.75) is 0 Å². The molecule has 52 valence electrons. The minimum atomic E-state index is 0. The van der Waals surface area contributed by atoms with Crippen LogP contribution in [0.1, 0.15) is 0 Å². The lowest BCUT2D eigenvalue weighted by molar-refractivity contribution is -0.375. The quantitative estimate of drug-likeness (QED) is 0.526. The third-order valence-electron chi connectivity index (χ3n) is 1.30. The standard InChI is InChI=1S/C7H5NS.HI/c1-3-8-5-6-2-4-9-7(1)6;/h1-5H;1H. The smallest absolute Gasteiger partial charge is 0.175 e. The molecule has 0 aliphatic rings. The highest BCUT2D eigenvalue weighted by Gasteiger charge is 1.92. The fourth-order valence-corrected chi connectivity index (χ4v) is 1.62. The van der Waals surface area contributed by atoms with Gasteiger partial charge in [-0.1, -0.05) is 0 Å². The van der Waals surface area contributed by atoms with Gasteiger partial charge in [0.15, 0.2) is 12.4 Å². The molecule has 2 rings (SSSR count). The third kappa shape index (κ3) is 1.29. The van der Waals surface area contributed by atoms with E-state index in [1.807, 2.05) is 12.4 Å². The van der Waals surface area contributed by atoms with E-state index < -0.39 is 0 Å². The van der Waals surface area contributed by atoms with Gasteiger partial charge < -0.3 is 24.0 Å². The number of thiophene rings is 1. The molecule has 0 aromatic carbocycles. The Balaban J connectivity index is 0.000000500. The number of aromatic nitrogens is 1. The molecule has 0 aliphatic carbocycles. The first-order valence-electron chi connectivity index (χ1n) is 2.80. The Morgan fingerprint density at radius 2 is 2.20 bits per heavy atom. The molecular formula is C7H6INS. The summed E-state index contributed by atoms with van der Waals surface area (Å²) in [6, 6.07) is 4.19. The molecule has 0 amide bonds. The normalized spacial score (nSPS) is 9.20. The molecule has 0 bridgehead atoms. The Morgan fingerprint density at radius 3 is 3.00 bits per heavy atom. The Kier molecular flexibility index (Phi) is 2.62. The van der Waals surface area contributed by atoms with Crippen LogP contribution in [0.5, 0.6) is 0 Å². The molecule has 0 fully saturated rings. The van der Waals surface area contributed by atoms with E-state index in [0.717, 1.165) is 0 Å². The summed E-state index contributed by atoms with van der Waals surface area (Å²) in [5, 5.41) is 3.39. The Hall–Kier alpha value is -0.160. The van der Waals surface area contributed by atoms with E-state index in [9.17, 15) is 0 Å². The summed E-state index contributed by atoms with van der Waals surface area (Å²) in [6.07, 6.45) is 3.95. The van der Waals surface area contributed by atoms with Gasteiger partial charge in [-0.2, -0.15) is 0 Å². The van der Waals surface area contributed by atoms with Crippen molar-refractivity contribution >= 4 is 21.4 Å². The van der Waals surface area contributed by atoms with Crippen molar-refractivity contribution in [3.63, 3.8) is 0 Å². The van der Waals surface area contributed by atoms with Gasteiger partial charge in [-0.25, -0.2) is 4.98 Å². The number of fused-ring (bicyclic) bond motifs is 1. The number of halogens is 1. The van der Waals surface area contributed by atoms with Crippen LogP contribution in [0.15, 0.2) is 29.9 Å². The van der Waals surface area contributed by atoms with Gasteiger partial charge in [0, 0.05) is 10.8 Å². The molecule has 1 N–H and O–H groups in total. The van der Waals surface area contributed by atoms with Crippen molar-refractivity contribution in [1.29, 1.82) is 0 Å². The summed E-state index contributed by atoms with van der Waals surface area (Å²) in [6.45, 7) is 0. The van der Waals surface area contributed by atoms with E-state index in [1.54, 1.807) is 11.3 Å². The van der Waals surface area contributed by atoms with Crippen molar-refractivity contribution in [1.82, 2.24) is 0 Å². The first-order valence-corrected chi connectivity index (χ1v) is 3.68. The van der Waals surface area contributed by atoms with E-state index in [2.05, 4.69) is 22.5 Å². The van der Waals surface area contributed by atoms with E-state index >= 15 is 0 Å². The molecule has 0 saturated carbocycles. The van der Waals surface area contributed by atoms with Crippen LogP contribution >= 0.6 is 11.3 Å². The molecule has 0 radical (unpaired) electrons. The maximum Gasteiger partial charge on any atom is 0.175 e. The molecule has 1 nitrogen and oxygen atoms in total. The van der Waals surface area contributed by atoms with E-state index in [0.29, 0.717) is 0 Å². The van der Waals surface area contributed by atoms with Crippen molar-refractivity contribution in [3.8, 4) is 0 Å². The van der Waals surface area contributed by atoms with Crippen LogP contribution in [-0.2, 0) is 0 Å². The van der Waals surface area contributed by atoms with Crippen LogP contribution in [-0.4, -0.2) is 0 Å². The zero-order valence-electron chi connectivity index (χ0n) is 5.17. The number of aromatic amines is 1. The second-order valence-corrected chi connectivity index (χ2v) is 2.83. The van der Waals surface area contributed by atoms with Gasteiger partial charge in [-0.3, -0.25) is 0 Å². The zero-order valence-corrected chi connectivity index (χ0v) is 8.15. The van der Waals surface area contributed by atoms with Crippen molar-refractivity contribution < 1.29 is 29.0 Å². The van der Waals surface area contributed by atoms with Gasteiger partial charge in [0.1, 0.15) is 0 Å². The van der Waals surface area contributed by atoms with Gasteiger partial charge in [0.2, 0.25) is 0 Å². The number of hydrogen-bond donors (Lipinski definition) is 0. The molecule has 2 heterocycles. The maximum atomic E-state index is 3.03. The highest BCUT2D eigenvalue weighted by Crippen LogP contribution is 2.16. The van der Waals surface area contributed by atoms with Crippen molar-refractivity contribution in [2.24, 2.45) is 0 Å². The van der Waals surface area contributed by atoms with Crippen LogP contribution in [0.2, 0.25) is 0 Å². The third-order valence-corrected chi connectivity index (χ3v) is 2.19. The average Bonchev–Trinajstić information content (AvgIpc) is 2.33. The number of pyridine rings is 1. The Morgan fingerprint density at radius 1 is 1.30 bits per heavy atom. The monoisotopic (exact) mass is 263 g/mol. The molecule has 0 saturated heterocycles. The lowest BCUT2D eigenvalue weighted by atomic mass is 10.4. The SMILES string of the molecule is [I-].c1cc2sccc2c[nH+]1. The van der Waals surface area contributed by atoms with Gasteiger partial charge in [0.05, 0.1) is 5.39 Å². The average molecular weight is 263 g/mol. The number of H-pyrrole nitrogens is 1.